The summed E-state index contributed by atoms with van der Waals surface area (Å²) in [7, 11) is 1.58. The molecule has 1 aromatic carbocycles. The lowest BCUT2D eigenvalue weighted by Gasteiger charge is -2.19. The van der Waals surface area contributed by atoms with Crippen molar-refractivity contribution in [1.82, 2.24) is 5.32 Å². The first-order valence-corrected chi connectivity index (χ1v) is 11.1. The van der Waals surface area contributed by atoms with Crippen LogP contribution in [0.5, 0.6) is 5.75 Å². The Kier molecular flexibility index (Phi) is 7.33. The van der Waals surface area contributed by atoms with Gasteiger partial charge in [0.15, 0.2) is 0 Å². The van der Waals surface area contributed by atoms with E-state index in [1.807, 2.05) is 19.1 Å². The van der Waals surface area contributed by atoms with Gasteiger partial charge in [-0.3, -0.25) is 14.4 Å². The van der Waals surface area contributed by atoms with Crippen LogP contribution in [0.2, 0.25) is 0 Å². The van der Waals surface area contributed by atoms with E-state index in [4.69, 9.17) is 9.47 Å². The van der Waals surface area contributed by atoms with E-state index in [0.29, 0.717) is 15.6 Å². The molecule has 0 spiro atoms. The van der Waals surface area contributed by atoms with Crippen LogP contribution < -0.4 is 15.4 Å². The molecule has 0 radical (unpaired) electrons. The lowest BCUT2D eigenvalue weighted by atomic mass is 10.0. The van der Waals surface area contributed by atoms with Gasteiger partial charge in [-0.15, -0.1) is 11.3 Å². The van der Waals surface area contributed by atoms with E-state index in [-0.39, 0.29) is 30.3 Å². The molecule has 1 fully saturated rings. The molecule has 1 saturated carbocycles. The topological polar surface area (TPSA) is 93.7 Å². The van der Waals surface area contributed by atoms with Crippen LogP contribution in [0.1, 0.15) is 60.0 Å². The van der Waals surface area contributed by atoms with Crippen molar-refractivity contribution in [2.45, 2.75) is 52.2 Å². The second kappa shape index (κ2) is 9.96. The zero-order chi connectivity index (χ0) is 22.5. The van der Waals surface area contributed by atoms with Crippen LogP contribution in [-0.2, 0) is 14.3 Å². The van der Waals surface area contributed by atoms with Crippen molar-refractivity contribution in [2.75, 3.05) is 12.4 Å². The molecule has 2 N–H and O–H groups in total. The minimum atomic E-state index is -0.560. The molecule has 166 valence electrons. The molecule has 2 amide bonds. The van der Waals surface area contributed by atoms with Crippen LogP contribution in [0.15, 0.2) is 30.3 Å². The van der Waals surface area contributed by atoms with Crippen molar-refractivity contribution in [3.05, 3.63) is 46.3 Å². The maximum absolute atomic E-state index is 13.0. The molecule has 31 heavy (non-hydrogen) atoms. The van der Waals surface area contributed by atoms with E-state index < -0.39 is 12.0 Å². The minimum absolute atomic E-state index is 0.000693. The van der Waals surface area contributed by atoms with Crippen LogP contribution in [0.4, 0.5) is 5.00 Å². The molecular weight excluding hydrogens is 416 g/mol. The van der Waals surface area contributed by atoms with Gasteiger partial charge >= 0.3 is 5.97 Å². The van der Waals surface area contributed by atoms with Crippen molar-refractivity contribution < 1.29 is 23.9 Å². The third kappa shape index (κ3) is 6.30. The predicted molar refractivity (Wildman–Crippen MR) is 119 cm³/mol. The van der Waals surface area contributed by atoms with Gasteiger partial charge in [0.25, 0.3) is 5.91 Å². The number of esters is 1. The molecule has 2 aromatic rings. The number of aryl methyl sites for hydroxylation is 1. The van der Waals surface area contributed by atoms with Gasteiger partial charge in [0.2, 0.25) is 5.91 Å². The number of hydrogen-bond donors (Lipinski definition) is 2. The molecule has 1 aliphatic rings. The predicted octanol–water partition coefficient (Wildman–Crippen LogP) is 4.23. The zero-order valence-corrected chi connectivity index (χ0v) is 19.0. The van der Waals surface area contributed by atoms with Crippen LogP contribution in [-0.4, -0.2) is 31.0 Å². The van der Waals surface area contributed by atoms with Gasteiger partial charge < -0.3 is 20.1 Å². The molecule has 3 rings (SSSR count). The van der Waals surface area contributed by atoms with Gasteiger partial charge in [0, 0.05) is 5.92 Å². The van der Waals surface area contributed by atoms with Gasteiger partial charge in [-0.2, -0.15) is 0 Å². The number of carbonyl (C=O) groups excluding carboxylic acids is 3. The van der Waals surface area contributed by atoms with Gasteiger partial charge in [-0.25, -0.2) is 0 Å². The van der Waals surface area contributed by atoms with Crippen molar-refractivity contribution >= 4 is 34.1 Å². The van der Waals surface area contributed by atoms with E-state index in [9.17, 15) is 14.4 Å². The summed E-state index contributed by atoms with van der Waals surface area (Å²) in [6.07, 6.45) is 1.60. The molecule has 0 aliphatic heterocycles. The maximum Gasteiger partial charge on any atom is 0.308 e. The number of amides is 2. The summed E-state index contributed by atoms with van der Waals surface area (Å²) < 4.78 is 10.5. The number of ether oxygens (including phenoxy) is 2. The van der Waals surface area contributed by atoms with Crippen LogP contribution in [0.3, 0.4) is 0 Å². The van der Waals surface area contributed by atoms with Crippen LogP contribution >= 0.6 is 11.3 Å². The number of anilines is 1. The molecule has 0 bridgehead atoms. The number of nitrogens with one attached hydrogen (secondary N) is 2. The molecule has 1 atom stereocenters. The second-order valence-corrected chi connectivity index (χ2v) is 8.98. The summed E-state index contributed by atoms with van der Waals surface area (Å²) in [5, 5.41) is 6.49. The molecule has 7 nitrogen and oxygen atoms in total. The highest BCUT2D eigenvalue weighted by atomic mass is 32.1. The lowest BCUT2D eigenvalue weighted by Crippen LogP contribution is -2.31. The number of benzene rings is 1. The Balaban J connectivity index is 1.75. The van der Waals surface area contributed by atoms with Crippen molar-refractivity contribution in [2.24, 2.45) is 5.92 Å². The summed E-state index contributed by atoms with van der Waals surface area (Å²) in [5.41, 5.74) is 1.54. The summed E-state index contributed by atoms with van der Waals surface area (Å²) in [6, 6.07) is 8.43. The molecule has 8 heteroatoms. The average molecular weight is 445 g/mol. The van der Waals surface area contributed by atoms with E-state index in [0.717, 1.165) is 24.0 Å². The second-order valence-electron chi connectivity index (χ2n) is 7.93. The highest BCUT2D eigenvalue weighted by molar-refractivity contribution is 7.18. The fourth-order valence-electron chi connectivity index (χ4n) is 3.13. The normalized spacial score (nSPS) is 14.1. The van der Waals surface area contributed by atoms with Crippen LogP contribution in [0, 0.1) is 12.8 Å². The first-order valence-electron chi connectivity index (χ1n) is 10.3. The molecule has 1 heterocycles. The Labute approximate surface area is 186 Å². The first kappa shape index (κ1) is 22.8. The van der Waals surface area contributed by atoms with Gasteiger partial charge in [-0.05, 0) is 62.9 Å². The van der Waals surface area contributed by atoms with Crippen molar-refractivity contribution in [3.8, 4) is 5.75 Å². The van der Waals surface area contributed by atoms with Crippen molar-refractivity contribution in [1.29, 1.82) is 0 Å². The molecule has 1 unspecified atom stereocenters. The van der Waals surface area contributed by atoms with E-state index in [1.165, 1.54) is 11.3 Å². The number of carbonyl (C=O) groups is 3. The number of methoxy groups -OCH3 is 1. The fourth-order valence-corrected chi connectivity index (χ4v) is 4.11. The molecule has 1 aromatic heterocycles. The summed E-state index contributed by atoms with van der Waals surface area (Å²) in [6.45, 7) is 5.39. The molecule has 1 aliphatic carbocycles. The quantitative estimate of drug-likeness (QED) is 0.565. The number of thiophene rings is 1. The van der Waals surface area contributed by atoms with E-state index in [1.54, 1.807) is 39.2 Å². The largest absolute Gasteiger partial charge is 0.497 e. The zero-order valence-electron chi connectivity index (χ0n) is 18.2. The Morgan fingerprint density at radius 3 is 2.42 bits per heavy atom. The summed E-state index contributed by atoms with van der Waals surface area (Å²) in [4.78, 5) is 37.9. The Bertz CT molecular complexity index is 947. The number of rotatable bonds is 9. The maximum atomic E-state index is 13.0. The highest BCUT2D eigenvalue weighted by Gasteiger charge is 2.30. The standard InChI is InChI=1S/C23H28N2O5S/c1-13(2)30-20(26)12-18(15-7-9-17(29-4)10-8-15)24-23(28)21-14(3)11-19(31-21)25-22(27)16-5-6-16/h7-11,13,16,18H,5-6,12H2,1-4H3,(H,24,28)(H,25,27). The highest BCUT2D eigenvalue weighted by Crippen LogP contribution is 2.33. The Morgan fingerprint density at radius 1 is 1.16 bits per heavy atom. The SMILES string of the molecule is COc1ccc(C(CC(=O)OC(C)C)NC(=O)c2sc(NC(=O)C3CC3)cc2C)cc1. The van der Waals surface area contributed by atoms with Gasteiger partial charge in [0.1, 0.15) is 5.75 Å². The third-order valence-electron chi connectivity index (χ3n) is 4.88. The summed E-state index contributed by atoms with van der Waals surface area (Å²) >= 11 is 1.23. The van der Waals surface area contributed by atoms with Gasteiger partial charge in [-0.1, -0.05) is 12.1 Å². The monoisotopic (exact) mass is 444 g/mol. The Hall–Kier alpha value is -2.87. The average Bonchev–Trinajstić information content (AvgIpc) is 3.50. The summed E-state index contributed by atoms with van der Waals surface area (Å²) in [5.74, 6) is 0.0829. The first-order chi connectivity index (χ1) is 14.8. The van der Waals surface area contributed by atoms with Crippen LogP contribution in [0.25, 0.3) is 0 Å². The number of hydrogen-bond acceptors (Lipinski definition) is 6. The molecular formula is C23H28N2O5S. The van der Waals surface area contributed by atoms with Gasteiger partial charge in [0.05, 0.1) is 35.6 Å². The third-order valence-corrected chi connectivity index (χ3v) is 6.03. The van der Waals surface area contributed by atoms with Crippen molar-refractivity contribution in [3.63, 3.8) is 0 Å². The van der Waals surface area contributed by atoms with E-state index in [2.05, 4.69) is 10.6 Å². The van der Waals surface area contributed by atoms with E-state index >= 15 is 0 Å². The smallest absolute Gasteiger partial charge is 0.308 e. The fraction of sp³-hybridized carbons (Fsp3) is 0.435. The Morgan fingerprint density at radius 2 is 1.84 bits per heavy atom. The lowest BCUT2D eigenvalue weighted by molar-refractivity contribution is -0.148. The minimum Gasteiger partial charge on any atom is -0.497 e. The molecule has 0 saturated heterocycles.